The minimum absolute atomic E-state index is 0.151. The van der Waals surface area contributed by atoms with Crippen molar-refractivity contribution in [2.75, 3.05) is 13.1 Å². The van der Waals surface area contributed by atoms with Gasteiger partial charge in [-0.25, -0.2) is 0 Å². The Hall–Kier alpha value is -2.11. The highest BCUT2D eigenvalue weighted by Crippen LogP contribution is 2.30. The summed E-state index contributed by atoms with van der Waals surface area (Å²) in [5.41, 5.74) is 2.84. The number of aryl methyl sites for hydroxylation is 2. The van der Waals surface area contributed by atoms with E-state index >= 15 is 0 Å². The molecule has 1 N–H and O–H groups in total. The molecule has 1 fully saturated rings. The molecule has 0 aromatic carbocycles. The molecular formula is C16H22N4O2. The first-order valence-corrected chi connectivity index (χ1v) is 7.78. The Bertz CT molecular complexity index is 628. The maximum atomic E-state index is 12.8. The summed E-state index contributed by atoms with van der Waals surface area (Å²) >= 11 is 0. The lowest BCUT2D eigenvalue weighted by molar-refractivity contribution is -0.133. The lowest BCUT2D eigenvalue weighted by atomic mass is 9.92. The van der Waals surface area contributed by atoms with E-state index in [0.29, 0.717) is 5.92 Å². The maximum absolute atomic E-state index is 12.8. The van der Waals surface area contributed by atoms with E-state index in [2.05, 4.69) is 15.4 Å². The fourth-order valence-electron chi connectivity index (χ4n) is 3.43. The number of aromatic amines is 1. The molecule has 0 spiro atoms. The number of piperidine rings is 1. The molecule has 0 bridgehead atoms. The molecule has 3 rings (SSSR count). The first-order valence-electron chi connectivity index (χ1n) is 7.78. The summed E-state index contributed by atoms with van der Waals surface area (Å²) < 4.78 is 5.20. The molecule has 1 aliphatic rings. The van der Waals surface area contributed by atoms with Crippen molar-refractivity contribution in [1.29, 1.82) is 0 Å². The van der Waals surface area contributed by atoms with Crippen LogP contribution in [-0.4, -0.2) is 39.3 Å². The fraction of sp³-hybridized carbons (Fsp3) is 0.562. The number of amides is 1. The molecule has 3 heterocycles. The predicted molar refractivity (Wildman–Crippen MR) is 81.5 cm³/mol. The predicted octanol–water partition coefficient (Wildman–Crippen LogP) is 2.52. The Labute approximate surface area is 129 Å². The zero-order valence-corrected chi connectivity index (χ0v) is 13.3. The number of likely N-dealkylation sites (tertiary alicyclic amines) is 1. The molecule has 2 aromatic rings. The van der Waals surface area contributed by atoms with Crippen molar-refractivity contribution in [2.24, 2.45) is 0 Å². The zero-order chi connectivity index (χ0) is 15.7. The summed E-state index contributed by atoms with van der Waals surface area (Å²) in [7, 11) is 0. The highest BCUT2D eigenvalue weighted by atomic mass is 16.5. The molecule has 1 amide bonds. The van der Waals surface area contributed by atoms with E-state index in [1.807, 2.05) is 31.7 Å². The van der Waals surface area contributed by atoms with Gasteiger partial charge in [0.15, 0.2) is 0 Å². The van der Waals surface area contributed by atoms with Crippen molar-refractivity contribution < 1.29 is 9.32 Å². The van der Waals surface area contributed by atoms with Crippen LogP contribution in [0.15, 0.2) is 16.8 Å². The molecule has 6 nitrogen and oxygen atoms in total. The second-order valence-corrected chi connectivity index (χ2v) is 6.09. The van der Waals surface area contributed by atoms with Crippen LogP contribution in [0.1, 0.15) is 54.3 Å². The Morgan fingerprint density at radius 1 is 1.50 bits per heavy atom. The van der Waals surface area contributed by atoms with Gasteiger partial charge < -0.3 is 9.42 Å². The monoisotopic (exact) mass is 302 g/mol. The minimum atomic E-state index is -0.216. The summed E-state index contributed by atoms with van der Waals surface area (Å²) in [6.07, 6.45) is 3.87. The van der Waals surface area contributed by atoms with Gasteiger partial charge in [0.2, 0.25) is 5.91 Å². The molecule has 0 aliphatic carbocycles. The van der Waals surface area contributed by atoms with Gasteiger partial charge in [-0.2, -0.15) is 5.10 Å². The van der Waals surface area contributed by atoms with Crippen molar-refractivity contribution in [2.45, 2.75) is 45.4 Å². The SMILES string of the molecule is Cc1noc(C)c1[C@H](C)C(=O)N1CCC[C@H](c2ccn[nH]2)C1. The zero-order valence-electron chi connectivity index (χ0n) is 13.3. The van der Waals surface area contributed by atoms with Gasteiger partial charge in [-0.1, -0.05) is 5.16 Å². The summed E-state index contributed by atoms with van der Waals surface area (Å²) in [4.78, 5) is 14.8. The largest absolute Gasteiger partial charge is 0.361 e. The second kappa shape index (κ2) is 5.94. The molecule has 22 heavy (non-hydrogen) atoms. The van der Waals surface area contributed by atoms with Gasteiger partial charge in [-0.3, -0.25) is 9.89 Å². The normalized spacial score (nSPS) is 20.1. The average molecular weight is 302 g/mol. The number of nitrogens with zero attached hydrogens (tertiary/aromatic N) is 3. The van der Waals surface area contributed by atoms with Crippen LogP contribution in [0.2, 0.25) is 0 Å². The highest BCUT2D eigenvalue weighted by Gasteiger charge is 2.31. The van der Waals surface area contributed by atoms with E-state index in [9.17, 15) is 4.79 Å². The number of nitrogens with one attached hydrogen (secondary N) is 1. The first-order chi connectivity index (χ1) is 10.6. The Kier molecular flexibility index (Phi) is 4.00. The number of hydrogen-bond acceptors (Lipinski definition) is 4. The van der Waals surface area contributed by atoms with E-state index in [4.69, 9.17) is 4.52 Å². The molecule has 2 aromatic heterocycles. The lowest BCUT2D eigenvalue weighted by Crippen LogP contribution is -2.41. The number of rotatable bonds is 3. The molecule has 1 aliphatic heterocycles. The highest BCUT2D eigenvalue weighted by molar-refractivity contribution is 5.84. The number of carbonyl (C=O) groups is 1. The summed E-state index contributed by atoms with van der Waals surface area (Å²) in [6, 6.07) is 2.00. The fourth-order valence-corrected chi connectivity index (χ4v) is 3.43. The van der Waals surface area contributed by atoms with Gasteiger partial charge in [0.25, 0.3) is 0 Å². The maximum Gasteiger partial charge on any atom is 0.230 e. The number of carbonyl (C=O) groups excluding carboxylic acids is 1. The van der Waals surface area contributed by atoms with Crippen LogP contribution < -0.4 is 0 Å². The van der Waals surface area contributed by atoms with E-state index in [0.717, 1.165) is 48.6 Å². The third-order valence-electron chi connectivity index (χ3n) is 4.59. The van der Waals surface area contributed by atoms with Crippen molar-refractivity contribution in [3.05, 3.63) is 35.0 Å². The van der Waals surface area contributed by atoms with Gasteiger partial charge in [-0.05, 0) is 39.7 Å². The Balaban J connectivity index is 1.74. The summed E-state index contributed by atoms with van der Waals surface area (Å²) in [6.45, 7) is 7.25. The van der Waals surface area contributed by atoms with Gasteiger partial charge >= 0.3 is 0 Å². The summed E-state index contributed by atoms with van der Waals surface area (Å²) in [5.74, 6) is 1.02. The number of H-pyrrole nitrogens is 1. The van der Waals surface area contributed by atoms with Crippen LogP contribution in [0.25, 0.3) is 0 Å². The third-order valence-corrected chi connectivity index (χ3v) is 4.59. The Morgan fingerprint density at radius 2 is 2.32 bits per heavy atom. The number of aromatic nitrogens is 3. The third kappa shape index (κ3) is 2.65. The van der Waals surface area contributed by atoms with Crippen LogP contribution in [0.4, 0.5) is 0 Å². The van der Waals surface area contributed by atoms with E-state index in [1.54, 1.807) is 6.20 Å². The van der Waals surface area contributed by atoms with E-state index in [1.165, 1.54) is 0 Å². The van der Waals surface area contributed by atoms with Gasteiger partial charge in [0, 0.05) is 36.5 Å². The smallest absolute Gasteiger partial charge is 0.230 e. The van der Waals surface area contributed by atoms with Crippen LogP contribution >= 0.6 is 0 Å². The Morgan fingerprint density at radius 3 is 2.95 bits per heavy atom. The summed E-state index contributed by atoms with van der Waals surface area (Å²) in [5, 5.41) is 11.0. The van der Waals surface area contributed by atoms with Crippen molar-refractivity contribution in [1.82, 2.24) is 20.3 Å². The molecular weight excluding hydrogens is 280 g/mol. The topological polar surface area (TPSA) is 75.0 Å². The van der Waals surface area contributed by atoms with Gasteiger partial charge in [-0.15, -0.1) is 0 Å². The van der Waals surface area contributed by atoms with E-state index < -0.39 is 0 Å². The second-order valence-electron chi connectivity index (χ2n) is 6.09. The molecule has 0 radical (unpaired) electrons. The first kappa shape index (κ1) is 14.8. The molecule has 2 atom stereocenters. The molecule has 0 saturated carbocycles. The quantitative estimate of drug-likeness (QED) is 0.945. The average Bonchev–Trinajstić information content (AvgIpc) is 3.16. The van der Waals surface area contributed by atoms with Gasteiger partial charge in [0.1, 0.15) is 5.76 Å². The van der Waals surface area contributed by atoms with Crippen LogP contribution in [0, 0.1) is 13.8 Å². The molecule has 0 unspecified atom stereocenters. The minimum Gasteiger partial charge on any atom is -0.361 e. The van der Waals surface area contributed by atoms with Crippen LogP contribution in [0.3, 0.4) is 0 Å². The van der Waals surface area contributed by atoms with Crippen LogP contribution in [-0.2, 0) is 4.79 Å². The van der Waals surface area contributed by atoms with Gasteiger partial charge in [0.05, 0.1) is 11.6 Å². The molecule has 1 saturated heterocycles. The molecule has 6 heteroatoms. The van der Waals surface area contributed by atoms with Crippen molar-refractivity contribution in [3.8, 4) is 0 Å². The lowest BCUT2D eigenvalue weighted by Gasteiger charge is -2.34. The van der Waals surface area contributed by atoms with Crippen molar-refractivity contribution >= 4 is 5.91 Å². The van der Waals surface area contributed by atoms with Crippen LogP contribution in [0.5, 0.6) is 0 Å². The molecule has 118 valence electrons. The number of hydrogen-bond donors (Lipinski definition) is 1. The standard InChI is InChI=1S/C16H22N4O2/c1-10(15-11(2)19-22-12(15)3)16(21)20-8-4-5-13(9-20)14-6-7-17-18-14/h6-7,10,13H,4-5,8-9H2,1-3H3,(H,17,18)/t10-,13-/m0/s1. The van der Waals surface area contributed by atoms with E-state index in [-0.39, 0.29) is 11.8 Å². The van der Waals surface area contributed by atoms with Crippen molar-refractivity contribution in [3.63, 3.8) is 0 Å².